The first-order valence-electron chi connectivity index (χ1n) is 7.78. The molecule has 0 bridgehead atoms. The van der Waals surface area contributed by atoms with E-state index in [-0.39, 0.29) is 0 Å². The Morgan fingerprint density at radius 2 is 2.00 bits per heavy atom. The highest BCUT2D eigenvalue weighted by Gasteiger charge is 2.34. The van der Waals surface area contributed by atoms with Crippen LogP contribution < -0.4 is 10.5 Å². The van der Waals surface area contributed by atoms with Crippen molar-refractivity contribution < 1.29 is 4.74 Å². The topological polar surface area (TPSA) is 35.2 Å². The molecule has 0 saturated heterocycles. The van der Waals surface area contributed by atoms with Gasteiger partial charge in [-0.25, -0.2) is 0 Å². The van der Waals surface area contributed by atoms with E-state index in [1.807, 2.05) is 6.07 Å². The van der Waals surface area contributed by atoms with Crippen molar-refractivity contribution in [1.29, 1.82) is 0 Å². The highest BCUT2D eigenvalue weighted by Crippen LogP contribution is 2.40. The molecule has 3 unspecified atom stereocenters. The lowest BCUT2D eigenvalue weighted by Crippen LogP contribution is -2.40. The molecule has 0 aromatic heterocycles. The Morgan fingerprint density at radius 3 is 2.65 bits per heavy atom. The van der Waals surface area contributed by atoms with Crippen LogP contribution >= 0.6 is 0 Å². The lowest BCUT2D eigenvalue weighted by molar-refractivity contribution is 0.126. The third-order valence-electron chi connectivity index (χ3n) is 4.90. The minimum absolute atomic E-state index is 0.347. The zero-order valence-electron chi connectivity index (χ0n) is 13.4. The minimum Gasteiger partial charge on any atom is -0.497 e. The number of ether oxygens (including phenoxy) is 1. The van der Waals surface area contributed by atoms with Crippen molar-refractivity contribution in [2.24, 2.45) is 23.0 Å². The monoisotopic (exact) mass is 275 g/mol. The second-order valence-electron chi connectivity index (χ2n) is 7.36. The fourth-order valence-corrected chi connectivity index (χ4v) is 3.41. The van der Waals surface area contributed by atoms with E-state index in [0.717, 1.165) is 24.5 Å². The van der Waals surface area contributed by atoms with E-state index in [1.165, 1.54) is 18.4 Å². The summed E-state index contributed by atoms with van der Waals surface area (Å²) in [5.74, 6) is 2.33. The summed E-state index contributed by atoms with van der Waals surface area (Å²) in [4.78, 5) is 0. The molecule has 1 aliphatic rings. The van der Waals surface area contributed by atoms with E-state index in [0.29, 0.717) is 17.4 Å². The summed E-state index contributed by atoms with van der Waals surface area (Å²) >= 11 is 0. The maximum Gasteiger partial charge on any atom is 0.119 e. The van der Waals surface area contributed by atoms with Crippen molar-refractivity contribution in [2.45, 2.75) is 52.5 Å². The summed E-state index contributed by atoms with van der Waals surface area (Å²) in [6, 6.07) is 8.76. The molecule has 3 atom stereocenters. The summed E-state index contributed by atoms with van der Waals surface area (Å²) in [5, 5.41) is 0. The quantitative estimate of drug-likeness (QED) is 0.904. The molecule has 2 nitrogen and oxygen atoms in total. The van der Waals surface area contributed by atoms with E-state index >= 15 is 0 Å². The Kier molecular flexibility index (Phi) is 4.74. The SMILES string of the molecule is COc1cccc(CC2CC(C(C)(C)C)CCC2N)c1. The van der Waals surface area contributed by atoms with Crippen molar-refractivity contribution in [3.8, 4) is 5.75 Å². The molecule has 0 spiro atoms. The highest BCUT2D eigenvalue weighted by molar-refractivity contribution is 5.28. The fraction of sp³-hybridized carbons (Fsp3) is 0.667. The van der Waals surface area contributed by atoms with Gasteiger partial charge >= 0.3 is 0 Å². The molecule has 1 aromatic rings. The van der Waals surface area contributed by atoms with Gasteiger partial charge in [0.2, 0.25) is 0 Å². The van der Waals surface area contributed by atoms with Gasteiger partial charge in [-0.05, 0) is 60.6 Å². The van der Waals surface area contributed by atoms with E-state index < -0.39 is 0 Å². The number of nitrogens with two attached hydrogens (primary N) is 1. The molecule has 1 saturated carbocycles. The number of methoxy groups -OCH3 is 1. The highest BCUT2D eigenvalue weighted by atomic mass is 16.5. The van der Waals surface area contributed by atoms with Crippen molar-refractivity contribution in [3.63, 3.8) is 0 Å². The molecule has 0 aliphatic heterocycles. The first kappa shape index (κ1) is 15.4. The predicted octanol–water partition coefficient (Wildman–Crippen LogP) is 4.03. The average molecular weight is 275 g/mol. The van der Waals surface area contributed by atoms with Crippen molar-refractivity contribution in [1.82, 2.24) is 0 Å². The molecule has 112 valence electrons. The van der Waals surface area contributed by atoms with Crippen LogP contribution in [0.2, 0.25) is 0 Å². The largest absolute Gasteiger partial charge is 0.497 e. The van der Waals surface area contributed by atoms with Gasteiger partial charge < -0.3 is 10.5 Å². The van der Waals surface area contributed by atoms with Crippen LogP contribution in [-0.4, -0.2) is 13.2 Å². The van der Waals surface area contributed by atoms with Crippen LogP contribution in [0.3, 0.4) is 0 Å². The van der Waals surface area contributed by atoms with Gasteiger partial charge in [-0.2, -0.15) is 0 Å². The summed E-state index contributed by atoms with van der Waals surface area (Å²) in [6.07, 6.45) is 4.77. The number of rotatable bonds is 3. The zero-order chi connectivity index (χ0) is 14.8. The number of benzene rings is 1. The maximum absolute atomic E-state index is 6.37. The smallest absolute Gasteiger partial charge is 0.119 e. The van der Waals surface area contributed by atoms with Crippen LogP contribution in [-0.2, 0) is 6.42 Å². The van der Waals surface area contributed by atoms with E-state index in [9.17, 15) is 0 Å². The van der Waals surface area contributed by atoms with Crippen LogP contribution in [0.5, 0.6) is 5.75 Å². The van der Waals surface area contributed by atoms with Crippen LogP contribution in [0.4, 0.5) is 0 Å². The molecule has 2 rings (SSSR count). The third kappa shape index (κ3) is 3.76. The minimum atomic E-state index is 0.347. The summed E-state index contributed by atoms with van der Waals surface area (Å²) < 4.78 is 5.31. The van der Waals surface area contributed by atoms with Gasteiger partial charge in [-0.15, -0.1) is 0 Å². The number of hydrogen-bond acceptors (Lipinski definition) is 2. The van der Waals surface area contributed by atoms with Gasteiger partial charge in [0.25, 0.3) is 0 Å². The van der Waals surface area contributed by atoms with Gasteiger partial charge in [0.05, 0.1) is 7.11 Å². The molecule has 0 radical (unpaired) electrons. The Balaban J connectivity index is 2.06. The normalized spacial score (nSPS) is 27.4. The van der Waals surface area contributed by atoms with Gasteiger partial charge in [0.1, 0.15) is 5.75 Å². The van der Waals surface area contributed by atoms with E-state index in [2.05, 4.69) is 39.0 Å². The lowest BCUT2D eigenvalue weighted by Gasteiger charge is -2.40. The number of hydrogen-bond donors (Lipinski definition) is 1. The molecule has 1 aliphatic carbocycles. The molecule has 0 heterocycles. The molecule has 20 heavy (non-hydrogen) atoms. The molecular formula is C18H29NO. The van der Waals surface area contributed by atoms with Gasteiger partial charge in [0, 0.05) is 6.04 Å². The first-order valence-corrected chi connectivity index (χ1v) is 7.78. The van der Waals surface area contributed by atoms with Crippen LogP contribution in [0, 0.1) is 17.3 Å². The van der Waals surface area contributed by atoms with Gasteiger partial charge in [-0.3, -0.25) is 0 Å². The van der Waals surface area contributed by atoms with Crippen LogP contribution in [0.15, 0.2) is 24.3 Å². The zero-order valence-corrected chi connectivity index (χ0v) is 13.4. The maximum atomic E-state index is 6.37. The first-order chi connectivity index (χ1) is 9.40. The molecule has 2 heteroatoms. The molecule has 2 N–H and O–H groups in total. The molecule has 1 fully saturated rings. The summed E-state index contributed by atoms with van der Waals surface area (Å²) in [6.45, 7) is 7.07. The standard InChI is InChI=1S/C18H29NO/c1-18(2,3)15-8-9-17(19)14(12-15)10-13-6-5-7-16(11-13)20-4/h5-7,11,14-15,17H,8-10,12,19H2,1-4H3. The van der Waals surface area contributed by atoms with E-state index in [1.54, 1.807) is 7.11 Å². The molecule has 1 aromatic carbocycles. The fourth-order valence-electron chi connectivity index (χ4n) is 3.41. The lowest BCUT2D eigenvalue weighted by atomic mass is 9.66. The van der Waals surface area contributed by atoms with E-state index in [4.69, 9.17) is 10.5 Å². The van der Waals surface area contributed by atoms with Crippen LogP contribution in [0.25, 0.3) is 0 Å². The predicted molar refractivity (Wildman–Crippen MR) is 85.0 cm³/mol. The Bertz CT molecular complexity index is 435. The molecular weight excluding hydrogens is 246 g/mol. The average Bonchev–Trinajstić information content (AvgIpc) is 2.40. The van der Waals surface area contributed by atoms with Gasteiger partial charge in [0.15, 0.2) is 0 Å². The van der Waals surface area contributed by atoms with Crippen LogP contribution in [0.1, 0.15) is 45.6 Å². The third-order valence-corrected chi connectivity index (χ3v) is 4.90. The second kappa shape index (κ2) is 6.17. The second-order valence-corrected chi connectivity index (χ2v) is 7.36. The summed E-state index contributed by atoms with van der Waals surface area (Å²) in [7, 11) is 1.72. The van der Waals surface area contributed by atoms with Crippen molar-refractivity contribution in [2.75, 3.05) is 7.11 Å². The van der Waals surface area contributed by atoms with Gasteiger partial charge in [-0.1, -0.05) is 32.9 Å². The Morgan fingerprint density at radius 1 is 1.25 bits per heavy atom. The van der Waals surface area contributed by atoms with Crippen molar-refractivity contribution in [3.05, 3.63) is 29.8 Å². The van der Waals surface area contributed by atoms with Crippen molar-refractivity contribution >= 4 is 0 Å². The summed E-state index contributed by atoms with van der Waals surface area (Å²) in [5.41, 5.74) is 8.11. The Hall–Kier alpha value is -1.02. The Labute approximate surface area is 123 Å². The molecule has 0 amide bonds.